The summed E-state index contributed by atoms with van der Waals surface area (Å²) >= 11 is 0. The van der Waals surface area contributed by atoms with E-state index >= 15 is 0 Å². The van der Waals surface area contributed by atoms with Gasteiger partial charge in [0.2, 0.25) is 0 Å². The number of nitrogen functional groups attached to an aromatic ring is 1. The van der Waals surface area contributed by atoms with Crippen LogP contribution in [0.3, 0.4) is 0 Å². The normalized spacial score (nSPS) is 11.3. The van der Waals surface area contributed by atoms with Crippen LogP contribution in [0.4, 0.5) is 5.82 Å². The van der Waals surface area contributed by atoms with Gasteiger partial charge in [0.05, 0.1) is 5.52 Å². The van der Waals surface area contributed by atoms with Gasteiger partial charge in [0, 0.05) is 23.3 Å². The first-order valence-electron chi connectivity index (χ1n) is 6.82. The van der Waals surface area contributed by atoms with Crippen molar-refractivity contribution in [2.45, 2.75) is 6.92 Å². The van der Waals surface area contributed by atoms with E-state index < -0.39 is 0 Å². The van der Waals surface area contributed by atoms with E-state index in [1.807, 2.05) is 60.0 Å². The molecule has 1 aromatic carbocycles. The zero-order chi connectivity index (χ0) is 14.4. The van der Waals surface area contributed by atoms with Crippen LogP contribution in [-0.4, -0.2) is 14.4 Å². The number of nitrogens with two attached hydrogens (primary N) is 1. The smallest absolute Gasteiger partial charge is 0.139 e. The Morgan fingerprint density at radius 2 is 1.90 bits per heavy atom. The number of aryl methyl sites for hydroxylation is 1. The molecular formula is C17H14N4. The van der Waals surface area contributed by atoms with Crippen LogP contribution < -0.4 is 5.73 Å². The van der Waals surface area contributed by atoms with E-state index in [9.17, 15) is 0 Å². The molecule has 4 nitrogen and oxygen atoms in total. The highest BCUT2D eigenvalue weighted by atomic mass is 15.1. The maximum absolute atomic E-state index is 6.31. The summed E-state index contributed by atoms with van der Waals surface area (Å²) in [4.78, 5) is 9.07. The SMILES string of the molecule is Cc1ccc2nc(-c3ccnc4ccccc34)c(N)n2c1. The molecule has 0 aliphatic carbocycles. The van der Waals surface area contributed by atoms with Crippen LogP contribution in [0.2, 0.25) is 0 Å². The summed E-state index contributed by atoms with van der Waals surface area (Å²) in [5, 5.41) is 1.06. The molecule has 3 aromatic heterocycles. The highest BCUT2D eigenvalue weighted by molar-refractivity contribution is 5.96. The van der Waals surface area contributed by atoms with E-state index in [0.717, 1.165) is 33.4 Å². The fourth-order valence-electron chi connectivity index (χ4n) is 2.67. The van der Waals surface area contributed by atoms with Crippen molar-refractivity contribution in [2.75, 3.05) is 5.73 Å². The first-order chi connectivity index (χ1) is 10.2. The second kappa shape index (κ2) is 4.31. The third-order valence-electron chi connectivity index (χ3n) is 3.71. The number of nitrogens with zero attached hydrogens (tertiary/aromatic N) is 3. The Kier molecular flexibility index (Phi) is 2.44. The summed E-state index contributed by atoms with van der Waals surface area (Å²) in [5.74, 6) is 0.657. The number of anilines is 1. The van der Waals surface area contributed by atoms with Crippen molar-refractivity contribution in [1.82, 2.24) is 14.4 Å². The summed E-state index contributed by atoms with van der Waals surface area (Å²) in [6.07, 6.45) is 3.80. The average molecular weight is 274 g/mol. The molecule has 2 N–H and O–H groups in total. The fraction of sp³-hybridized carbons (Fsp3) is 0.0588. The second-order valence-corrected chi connectivity index (χ2v) is 5.16. The standard InChI is InChI=1S/C17H14N4/c1-11-6-7-15-20-16(17(18)21(15)10-11)13-8-9-19-14-5-3-2-4-12(13)14/h2-10H,18H2,1H3. The molecule has 4 rings (SSSR count). The van der Waals surface area contributed by atoms with E-state index in [4.69, 9.17) is 5.73 Å². The first-order valence-corrected chi connectivity index (χ1v) is 6.82. The topological polar surface area (TPSA) is 56.2 Å². The van der Waals surface area contributed by atoms with Gasteiger partial charge in [-0.3, -0.25) is 9.38 Å². The summed E-state index contributed by atoms with van der Waals surface area (Å²) in [7, 11) is 0. The second-order valence-electron chi connectivity index (χ2n) is 5.16. The molecule has 4 aromatic rings. The number of aromatic nitrogens is 3. The summed E-state index contributed by atoms with van der Waals surface area (Å²) < 4.78 is 1.93. The van der Waals surface area contributed by atoms with Gasteiger partial charge in [-0.25, -0.2) is 4.98 Å². The molecule has 0 bridgehead atoms. The summed E-state index contributed by atoms with van der Waals surface area (Å²) in [5.41, 5.74) is 11.1. The average Bonchev–Trinajstić information content (AvgIpc) is 2.83. The lowest BCUT2D eigenvalue weighted by molar-refractivity contribution is 1.16. The first kappa shape index (κ1) is 11.9. The van der Waals surface area contributed by atoms with Gasteiger partial charge in [-0.2, -0.15) is 0 Å². The lowest BCUT2D eigenvalue weighted by atomic mass is 10.1. The third kappa shape index (κ3) is 1.76. The van der Waals surface area contributed by atoms with E-state index in [2.05, 4.69) is 9.97 Å². The van der Waals surface area contributed by atoms with E-state index in [0.29, 0.717) is 5.82 Å². The molecule has 0 aliphatic heterocycles. The zero-order valence-electron chi connectivity index (χ0n) is 11.6. The molecule has 0 saturated heterocycles. The molecule has 4 heteroatoms. The van der Waals surface area contributed by atoms with Crippen LogP contribution in [-0.2, 0) is 0 Å². The minimum absolute atomic E-state index is 0.657. The molecule has 0 radical (unpaired) electrons. The maximum Gasteiger partial charge on any atom is 0.139 e. The largest absolute Gasteiger partial charge is 0.383 e. The van der Waals surface area contributed by atoms with Crippen molar-refractivity contribution in [2.24, 2.45) is 0 Å². The van der Waals surface area contributed by atoms with Crippen molar-refractivity contribution in [3.05, 3.63) is 60.4 Å². The number of hydrogen-bond donors (Lipinski definition) is 1. The van der Waals surface area contributed by atoms with Gasteiger partial charge in [-0.15, -0.1) is 0 Å². The number of pyridine rings is 2. The van der Waals surface area contributed by atoms with E-state index in [1.165, 1.54) is 0 Å². The number of hydrogen-bond acceptors (Lipinski definition) is 3. The number of rotatable bonds is 1. The quantitative estimate of drug-likeness (QED) is 0.578. The van der Waals surface area contributed by atoms with Crippen LogP contribution >= 0.6 is 0 Å². The van der Waals surface area contributed by atoms with Gasteiger partial charge in [-0.05, 0) is 30.7 Å². The molecule has 0 fully saturated rings. The van der Waals surface area contributed by atoms with Crippen molar-refractivity contribution in [3.8, 4) is 11.3 Å². The van der Waals surface area contributed by atoms with Crippen LogP contribution in [0, 0.1) is 6.92 Å². The fourth-order valence-corrected chi connectivity index (χ4v) is 2.67. The van der Waals surface area contributed by atoms with Crippen LogP contribution in [0.15, 0.2) is 54.9 Å². The predicted octanol–water partition coefficient (Wildman–Crippen LogP) is 3.44. The number of benzene rings is 1. The van der Waals surface area contributed by atoms with Gasteiger partial charge >= 0.3 is 0 Å². The molecule has 0 aliphatic rings. The van der Waals surface area contributed by atoms with Crippen molar-refractivity contribution in [1.29, 1.82) is 0 Å². The summed E-state index contributed by atoms with van der Waals surface area (Å²) in [6.45, 7) is 2.04. The Hall–Kier alpha value is -2.88. The molecule has 3 heterocycles. The zero-order valence-corrected chi connectivity index (χ0v) is 11.6. The molecular weight excluding hydrogens is 260 g/mol. The maximum atomic E-state index is 6.31. The van der Waals surface area contributed by atoms with Crippen molar-refractivity contribution >= 4 is 22.4 Å². The number of imidazole rings is 1. The Labute approximate surface area is 121 Å². The number of fused-ring (bicyclic) bond motifs is 2. The van der Waals surface area contributed by atoms with Gasteiger partial charge in [-0.1, -0.05) is 24.3 Å². The van der Waals surface area contributed by atoms with Gasteiger partial charge in [0.15, 0.2) is 0 Å². The Balaban J connectivity index is 2.07. The lowest BCUT2D eigenvalue weighted by Crippen LogP contribution is -1.95. The van der Waals surface area contributed by atoms with Crippen LogP contribution in [0.25, 0.3) is 27.8 Å². The monoisotopic (exact) mass is 274 g/mol. The number of para-hydroxylation sites is 1. The Morgan fingerprint density at radius 3 is 2.81 bits per heavy atom. The molecule has 0 atom stereocenters. The lowest BCUT2D eigenvalue weighted by Gasteiger charge is -2.04. The minimum atomic E-state index is 0.657. The molecule has 0 spiro atoms. The Morgan fingerprint density at radius 1 is 1.05 bits per heavy atom. The molecule has 0 saturated carbocycles. The predicted molar refractivity (Wildman–Crippen MR) is 85.1 cm³/mol. The van der Waals surface area contributed by atoms with Crippen LogP contribution in [0.1, 0.15) is 5.56 Å². The van der Waals surface area contributed by atoms with E-state index in [-0.39, 0.29) is 0 Å². The minimum Gasteiger partial charge on any atom is -0.383 e. The van der Waals surface area contributed by atoms with E-state index in [1.54, 1.807) is 6.20 Å². The van der Waals surface area contributed by atoms with Crippen molar-refractivity contribution < 1.29 is 0 Å². The van der Waals surface area contributed by atoms with Gasteiger partial charge < -0.3 is 5.73 Å². The highest BCUT2D eigenvalue weighted by Crippen LogP contribution is 2.31. The van der Waals surface area contributed by atoms with Crippen molar-refractivity contribution in [3.63, 3.8) is 0 Å². The molecule has 21 heavy (non-hydrogen) atoms. The summed E-state index contributed by atoms with van der Waals surface area (Å²) in [6, 6.07) is 14.0. The Bertz CT molecular complexity index is 964. The highest BCUT2D eigenvalue weighted by Gasteiger charge is 2.13. The van der Waals surface area contributed by atoms with Gasteiger partial charge in [0.1, 0.15) is 17.2 Å². The molecule has 102 valence electrons. The molecule has 0 amide bonds. The van der Waals surface area contributed by atoms with Crippen LogP contribution in [0.5, 0.6) is 0 Å². The third-order valence-corrected chi connectivity index (χ3v) is 3.71. The molecule has 0 unspecified atom stereocenters. The van der Waals surface area contributed by atoms with Gasteiger partial charge in [0.25, 0.3) is 0 Å².